The molecule has 2 atom stereocenters. The van der Waals surface area contributed by atoms with Crippen molar-refractivity contribution in [3.8, 4) is 17.1 Å². The molecule has 11 heteroatoms. The van der Waals surface area contributed by atoms with E-state index in [1.807, 2.05) is 13.8 Å². The van der Waals surface area contributed by atoms with Crippen molar-refractivity contribution in [1.29, 1.82) is 0 Å². The summed E-state index contributed by atoms with van der Waals surface area (Å²) in [5, 5.41) is 15.7. The first-order chi connectivity index (χ1) is 18.8. The van der Waals surface area contributed by atoms with E-state index >= 15 is 0 Å². The molecule has 3 N–H and O–H groups in total. The summed E-state index contributed by atoms with van der Waals surface area (Å²) in [6.45, 7) is 6.08. The van der Waals surface area contributed by atoms with Crippen LogP contribution >= 0.6 is 0 Å². The average molecular weight is 546 g/mol. The number of benzene rings is 1. The first-order valence-corrected chi connectivity index (χ1v) is 13.2. The van der Waals surface area contributed by atoms with Crippen molar-refractivity contribution in [3.63, 3.8) is 0 Å². The van der Waals surface area contributed by atoms with Gasteiger partial charge in [-0.3, -0.25) is 19.6 Å². The third-order valence-corrected chi connectivity index (χ3v) is 6.21. The molecule has 0 aliphatic carbocycles. The molecule has 0 radical (unpaired) electrons. The molecule has 0 spiro atoms. The SMILES string of the molecule is CCCCCC(C(=O)NCNC(=O)c1ccc(-c2cc(OCCC)cc(C(=O)OC)c2)o1)[C@@H](CC)N(O)C=O. The fraction of sp³-hybridized carbons (Fsp3) is 0.500. The number of unbranched alkanes of at least 4 members (excludes halogenated alkanes) is 2. The Morgan fingerprint density at radius 1 is 1.08 bits per heavy atom. The van der Waals surface area contributed by atoms with Crippen molar-refractivity contribution >= 4 is 24.2 Å². The zero-order valence-corrected chi connectivity index (χ0v) is 23.0. The van der Waals surface area contributed by atoms with Gasteiger partial charge in [-0.15, -0.1) is 0 Å². The molecule has 2 aromatic rings. The van der Waals surface area contributed by atoms with Crippen molar-refractivity contribution in [3.05, 3.63) is 41.7 Å². The molecule has 1 aromatic carbocycles. The van der Waals surface area contributed by atoms with E-state index in [9.17, 15) is 24.4 Å². The number of rotatable bonds is 17. The maximum absolute atomic E-state index is 12.9. The van der Waals surface area contributed by atoms with Gasteiger partial charge in [-0.05, 0) is 49.6 Å². The quantitative estimate of drug-likeness (QED) is 0.0671. The van der Waals surface area contributed by atoms with E-state index in [-0.39, 0.29) is 23.9 Å². The van der Waals surface area contributed by atoms with Gasteiger partial charge in [0.2, 0.25) is 12.3 Å². The first-order valence-electron chi connectivity index (χ1n) is 13.2. The van der Waals surface area contributed by atoms with Gasteiger partial charge in [0.05, 0.1) is 37.9 Å². The molecule has 0 saturated carbocycles. The number of nitrogens with one attached hydrogen (secondary N) is 2. The number of esters is 1. The van der Waals surface area contributed by atoms with E-state index < -0.39 is 23.8 Å². The fourth-order valence-electron chi connectivity index (χ4n) is 4.17. The Hall–Kier alpha value is -3.86. The van der Waals surface area contributed by atoms with Crippen molar-refractivity contribution in [2.24, 2.45) is 5.92 Å². The molecular weight excluding hydrogens is 506 g/mol. The molecule has 1 heterocycles. The minimum absolute atomic E-state index is 0.00663. The summed E-state index contributed by atoms with van der Waals surface area (Å²) in [6, 6.07) is 7.27. The van der Waals surface area contributed by atoms with E-state index in [0.29, 0.717) is 48.0 Å². The lowest BCUT2D eigenvalue weighted by molar-refractivity contribution is -0.168. The molecular formula is C28H39N3O8. The number of carbonyl (C=O) groups excluding carboxylic acids is 4. The highest BCUT2D eigenvalue weighted by Gasteiger charge is 2.30. The van der Waals surface area contributed by atoms with Crippen LogP contribution in [0.1, 0.15) is 80.2 Å². The van der Waals surface area contributed by atoms with Gasteiger partial charge in [0.25, 0.3) is 5.91 Å². The van der Waals surface area contributed by atoms with Gasteiger partial charge < -0.3 is 24.5 Å². The maximum Gasteiger partial charge on any atom is 0.338 e. The van der Waals surface area contributed by atoms with E-state index in [4.69, 9.17) is 13.9 Å². The highest BCUT2D eigenvalue weighted by molar-refractivity contribution is 5.93. The smallest absolute Gasteiger partial charge is 0.338 e. The molecule has 2 rings (SSSR count). The summed E-state index contributed by atoms with van der Waals surface area (Å²) >= 11 is 0. The van der Waals surface area contributed by atoms with E-state index in [2.05, 4.69) is 10.6 Å². The average Bonchev–Trinajstić information content (AvgIpc) is 3.45. The van der Waals surface area contributed by atoms with Gasteiger partial charge in [0.1, 0.15) is 11.5 Å². The van der Waals surface area contributed by atoms with Crippen LogP contribution in [0.25, 0.3) is 11.3 Å². The Bertz CT molecular complexity index is 1100. The Balaban J connectivity index is 2.08. The summed E-state index contributed by atoms with van der Waals surface area (Å²) in [7, 11) is 1.29. The highest BCUT2D eigenvalue weighted by atomic mass is 16.5. The van der Waals surface area contributed by atoms with Gasteiger partial charge >= 0.3 is 5.97 Å². The fourth-order valence-corrected chi connectivity index (χ4v) is 4.17. The maximum atomic E-state index is 12.9. The van der Waals surface area contributed by atoms with Crippen LogP contribution in [-0.2, 0) is 14.3 Å². The zero-order valence-electron chi connectivity index (χ0n) is 23.0. The summed E-state index contributed by atoms with van der Waals surface area (Å²) in [6.07, 6.45) is 4.61. The van der Waals surface area contributed by atoms with Crippen LogP contribution in [0.15, 0.2) is 34.7 Å². The van der Waals surface area contributed by atoms with Gasteiger partial charge in [-0.25, -0.2) is 9.86 Å². The third-order valence-electron chi connectivity index (χ3n) is 6.21. The highest BCUT2D eigenvalue weighted by Crippen LogP contribution is 2.28. The molecule has 11 nitrogen and oxygen atoms in total. The lowest BCUT2D eigenvalue weighted by Crippen LogP contribution is -2.47. The van der Waals surface area contributed by atoms with E-state index in [1.165, 1.54) is 13.2 Å². The van der Waals surface area contributed by atoms with Crippen LogP contribution < -0.4 is 15.4 Å². The largest absolute Gasteiger partial charge is 0.494 e. The summed E-state index contributed by atoms with van der Waals surface area (Å²) in [4.78, 5) is 48.8. The molecule has 214 valence electrons. The van der Waals surface area contributed by atoms with Crippen LogP contribution in [0.4, 0.5) is 0 Å². The van der Waals surface area contributed by atoms with Crippen molar-refractivity contribution in [2.45, 2.75) is 65.3 Å². The van der Waals surface area contributed by atoms with Crippen LogP contribution in [0, 0.1) is 5.92 Å². The normalized spacial score (nSPS) is 12.2. The molecule has 39 heavy (non-hydrogen) atoms. The number of carbonyl (C=O) groups is 4. The predicted molar refractivity (Wildman–Crippen MR) is 143 cm³/mol. The molecule has 0 fully saturated rings. The molecule has 0 bridgehead atoms. The van der Waals surface area contributed by atoms with Crippen LogP contribution in [0.2, 0.25) is 0 Å². The predicted octanol–water partition coefficient (Wildman–Crippen LogP) is 4.15. The third kappa shape index (κ3) is 9.13. The number of methoxy groups -OCH3 is 1. The van der Waals surface area contributed by atoms with E-state index in [0.717, 1.165) is 25.7 Å². The molecule has 0 aliphatic heterocycles. The molecule has 1 unspecified atom stereocenters. The minimum atomic E-state index is -0.672. The number of nitrogens with zero attached hydrogens (tertiary/aromatic N) is 1. The molecule has 0 saturated heterocycles. The number of hydroxylamine groups is 2. The topological polar surface area (TPSA) is 147 Å². The Labute approximate surface area is 228 Å². The molecule has 3 amide bonds. The Morgan fingerprint density at radius 2 is 1.85 bits per heavy atom. The number of ether oxygens (including phenoxy) is 2. The standard InChI is InChI=1S/C28H39N3O8/c1-5-8-9-10-22(23(7-3)31(36)18-32)26(33)29-17-30-27(34)25-12-11-24(39-25)19-14-20(28(35)37-4)16-21(15-19)38-13-6-2/h11-12,14-16,18,22-23,36H,5-10,13,17H2,1-4H3,(H,29,33)(H,30,34)/t22?,23-/m1/s1. The lowest BCUT2D eigenvalue weighted by Gasteiger charge is -2.29. The second-order valence-corrected chi connectivity index (χ2v) is 9.04. The van der Waals surface area contributed by atoms with Crippen LogP contribution in [0.5, 0.6) is 5.75 Å². The monoisotopic (exact) mass is 545 g/mol. The summed E-state index contributed by atoms with van der Waals surface area (Å²) in [5.41, 5.74) is 0.807. The van der Waals surface area contributed by atoms with Gasteiger partial charge in [-0.2, -0.15) is 0 Å². The van der Waals surface area contributed by atoms with Crippen LogP contribution in [0.3, 0.4) is 0 Å². The first kappa shape index (κ1) is 31.4. The minimum Gasteiger partial charge on any atom is -0.494 e. The Kier molecular flexibility index (Phi) is 13.0. The number of amides is 3. The zero-order chi connectivity index (χ0) is 28.8. The second-order valence-electron chi connectivity index (χ2n) is 9.04. The lowest BCUT2D eigenvalue weighted by atomic mass is 9.90. The number of hydrogen-bond acceptors (Lipinski definition) is 8. The number of hydrogen-bond donors (Lipinski definition) is 3. The van der Waals surface area contributed by atoms with Crippen molar-refractivity contribution in [2.75, 3.05) is 20.4 Å². The second kappa shape index (κ2) is 16.2. The number of furan rings is 1. The van der Waals surface area contributed by atoms with Gasteiger partial charge in [0, 0.05) is 5.56 Å². The van der Waals surface area contributed by atoms with Crippen molar-refractivity contribution in [1.82, 2.24) is 15.7 Å². The van der Waals surface area contributed by atoms with Gasteiger partial charge in [0.15, 0.2) is 5.76 Å². The van der Waals surface area contributed by atoms with Gasteiger partial charge in [-0.1, -0.05) is 40.0 Å². The van der Waals surface area contributed by atoms with E-state index in [1.54, 1.807) is 31.2 Å². The van der Waals surface area contributed by atoms with Crippen molar-refractivity contribution < 1.29 is 38.3 Å². The summed E-state index contributed by atoms with van der Waals surface area (Å²) < 4.78 is 16.2. The summed E-state index contributed by atoms with van der Waals surface area (Å²) in [5.74, 6) is -1.28. The molecule has 0 aliphatic rings. The Morgan fingerprint density at radius 3 is 2.49 bits per heavy atom. The van der Waals surface area contributed by atoms with Crippen LogP contribution in [-0.4, -0.2) is 60.9 Å². The molecule has 1 aromatic heterocycles.